The molecule has 2 atom stereocenters. The predicted molar refractivity (Wildman–Crippen MR) is 149 cm³/mol. The summed E-state index contributed by atoms with van der Waals surface area (Å²) in [4.78, 5) is 35.1. The summed E-state index contributed by atoms with van der Waals surface area (Å²) < 4.78 is 29.2. The molecule has 2 N–H and O–H groups in total. The highest BCUT2D eigenvalue weighted by molar-refractivity contribution is 7.91. The smallest absolute Gasteiger partial charge is 0.283 e. The van der Waals surface area contributed by atoms with E-state index in [1.165, 1.54) is 27.6 Å². The number of halogens is 1. The Morgan fingerprint density at radius 2 is 1.95 bits per heavy atom. The number of amidine groups is 1. The van der Waals surface area contributed by atoms with Crippen molar-refractivity contribution in [2.75, 3.05) is 39.8 Å². The maximum Gasteiger partial charge on any atom is 0.283 e. The van der Waals surface area contributed by atoms with Crippen molar-refractivity contribution in [3.63, 3.8) is 0 Å². The van der Waals surface area contributed by atoms with Crippen LogP contribution in [0.25, 0.3) is 10.1 Å². The standard InChI is InChI=1S/C24H27ClN6O4S3/c1-14(26)29-6-5-16(12-29)20-11-28-23(37-20)24(33)31-8-7-30(13-18(31)22(32)27-2)38(34,35)21-9-15-3-4-17(25)10-19(15)36-21/h3-4,9-11,16,18,26H,5-8,12-13H2,1-2H3,(H,27,32). The fourth-order valence-corrected chi connectivity index (χ4v) is 9.10. The fourth-order valence-electron chi connectivity index (χ4n) is 4.84. The van der Waals surface area contributed by atoms with Gasteiger partial charge in [0.1, 0.15) is 10.3 Å². The Kier molecular flexibility index (Phi) is 7.48. The molecule has 2 aromatic heterocycles. The quantitative estimate of drug-likeness (QED) is 0.345. The summed E-state index contributed by atoms with van der Waals surface area (Å²) in [5, 5.41) is 12.0. The van der Waals surface area contributed by atoms with Gasteiger partial charge in [0.2, 0.25) is 5.91 Å². The van der Waals surface area contributed by atoms with Crippen LogP contribution < -0.4 is 5.32 Å². The van der Waals surface area contributed by atoms with Crippen molar-refractivity contribution < 1.29 is 18.0 Å². The van der Waals surface area contributed by atoms with Gasteiger partial charge in [-0.2, -0.15) is 4.31 Å². The lowest BCUT2D eigenvalue weighted by Crippen LogP contribution is -2.61. The number of piperazine rings is 1. The van der Waals surface area contributed by atoms with Crippen molar-refractivity contribution >= 4 is 72.0 Å². The number of carbonyl (C=O) groups excluding carboxylic acids is 2. The van der Waals surface area contributed by atoms with Gasteiger partial charge >= 0.3 is 0 Å². The van der Waals surface area contributed by atoms with Crippen molar-refractivity contribution in [1.82, 2.24) is 24.4 Å². The number of nitrogens with one attached hydrogen (secondary N) is 2. The molecule has 4 heterocycles. The van der Waals surface area contributed by atoms with E-state index in [0.717, 1.165) is 39.3 Å². The van der Waals surface area contributed by atoms with Crippen LogP contribution >= 0.6 is 34.3 Å². The molecule has 0 bridgehead atoms. The molecule has 1 aromatic carbocycles. The van der Waals surface area contributed by atoms with Crippen molar-refractivity contribution in [1.29, 1.82) is 5.41 Å². The number of benzene rings is 1. The first-order chi connectivity index (χ1) is 18.1. The van der Waals surface area contributed by atoms with Gasteiger partial charge in [-0.05, 0) is 36.9 Å². The minimum absolute atomic E-state index is 0.0605. The number of sulfonamides is 1. The Morgan fingerprint density at radius 3 is 2.66 bits per heavy atom. The van der Waals surface area contributed by atoms with Gasteiger partial charge in [0, 0.05) is 66.5 Å². The lowest BCUT2D eigenvalue weighted by Gasteiger charge is -2.39. The van der Waals surface area contributed by atoms with E-state index < -0.39 is 22.0 Å². The van der Waals surface area contributed by atoms with E-state index >= 15 is 0 Å². The molecule has 2 aliphatic rings. The van der Waals surface area contributed by atoms with Crippen LogP contribution in [0.1, 0.15) is 33.9 Å². The van der Waals surface area contributed by atoms with Gasteiger partial charge in [-0.3, -0.25) is 15.0 Å². The van der Waals surface area contributed by atoms with Crippen LogP contribution in [0.2, 0.25) is 5.02 Å². The first-order valence-electron chi connectivity index (χ1n) is 12.1. The largest absolute Gasteiger partial charge is 0.360 e. The third-order valence-corrected chi connectivity index (χ3v) is 11.8. The molecule has 38 heavy (non-hydrogen) atoms. The molecular weight excluding hydrogens is 568 g/mol. The molecule has 2 amide bonds. The normalized spacial score (nSPS) is 20.7. The van der Waals surface area contributed by atoms with Gasteiger partial charge in [0.25, 0.3) is 15.9 Å². The molecule has 202 valence electrons. The van der Waals surface area contributed by atoms with Gasteiger partial charge in [-0.15, -0.1) is 22.7 Å². The Bertz CT molecular complexity index is 1520. The number of fused-ring (bicyclic) bond motifs is 1. The molecule has 0 radical (unpaired) electrons. The molecule has 2 fully saturated rings. The number of hydrogen-bond donors (Lipinski definition) is 2. The maximum absolute atomic E-state index is 13.5. The van der Waals surface area contributed by atoms with E-state index in [0.29, 0.717) is 17.4 Å². The Hall–Kier alpha value is -2.58. The number of thiophene rings is 1. The Balaban J connectivity index is 1.35. The molecular formula is C24H27ClN6O4S3. The first-order valence-corrected chi connectivity index (χ1v) is 15.5. The highest BCUT2D eigenvalue weighted by Crippen LogP contribution is 2.34. The molecule has 0 spiro atoms. The van der Waals surface area contributed by atoms with Crippen LogP contribution in [0.3, 0.4) is 0 Å². The summed E-state index contributed by atoms with van der Waals surface area (Å²) in [6.07, 6.45) is 2.59. The van der Waals surface area contributed by atoms with Gasteiger partial charge in [0.15, 0.2) is 5.01 Å². The van der Waals surface area contributed by atoms with Gasteiger partial charge in [-0.1, -0.05) is 17.7 Å². The minimum atomic E-state index is -3.89. The minimum Gasteiger partial charge on any atom is -0.360 e. The summed E-state index contributed by atoms with van der Waals surface area (Å²) in [7, 11) is -2.42. The Labute approximate surface area is 233 Å². The molecule has 3 aromatic rings. The number of aromatic nitrogens is 1. The van der Waals surface area contributed by atoms with E-state index in [4.69, 9.17) is 17.0 Å². The van der Waals surface area contributed by atoms with Crippen molar-refractivity contribution in [3.05, 3.63) is 45.4 Å². The van der Waals surface area contributed by atoms with Crippen LogP contribution in [0.4, 0.5) is 0 Å². The van der Waals surface area contributed by atoms with Crippen LogP contribution in [0.5, 0.6) is 0 Å². The van der Waals surface area contributed by atoms with Crippen LogP contribution in [0.15, 0.2) is 34.7 Å². The molecule has 2 aliphatic heterocycles. The number of likely N-dealkylation sites (tertiary alicyclic amines) is 1. The van der Waals surface area contributed by atoms with E-state index in [1.54, 1.807) is 37.4 Å². The number of amides is 2. The summed E-state index contributed by atoms with van der Waals surface area (Å²) in [5.41, 5.74) is 0. The summed E-state index contributed by atoms with van der Waals surface area (Å²) in [6, 6.07) is 5.83. The molecule has 10 nitrogen and oxygen atoms in total. The van der Waals surface area contributed by atoms with Crippen molar-refractivity contribution in [2.24, 2.45) is 0 Å². The fraction of sp³-hybridized carbons (Fsp3) is 0.417. The summed E-state index contributed by atoms with van der Waals surface area (Å²) in [6.45, 7) is 3.24. The number of nitrogens with zero attached hydrogens (tertiary/aromatic N) is 4. The average Bonchev–Trinajstić information content (AvgIpc) is 3.66. The second-order valence-electron chi connectivity index (χ2n) is 9.32. The summed E-state index contributed by atoms with van der Waals surface area (Å²) >= 11 is 8.49. The maximum atomic E-state index is 13.5. The van der Waals surface area contributed by atoms with Crippen LogP contribution in [0, 0.1) is 5.41 Å². The van der Waals surface area contributed by atoms with Crippen molar-refractivity contribution in [3.8, 4) is 0 Å². The highest BCUT2D eigenvalue weighted by atomic mass is 35.5. The zero-order valence-corrected chi connectivity index (χ0v) is 24.0. The average molecular weight is 595 g/mol. The first kappa shape index (κ1) is 27.0. The van der Waals surface area contributed by atoms with Crippen LogP contribution in [-0.4, -0.2) is 91.0 Å². The predicted octanol–water partition coefficient (Wildman–Crippen LogP) is 3.06. The van der Waals surface area contributed by atoms with Gasteiger partial charge < -0.3 is 15.1 Å². The number of carbonyl (C=O) groups is 2. The molecule has 0 aliphatic carbocycles. The van der Waals surface area contributed by atoms with Crippen LogP contribution in [-0.2, 0) is 14.8 Å². The SMILES string of the molecule is CNC(=O)C1CN(S(=O)(=O)c2cc3ccc(Cl)cc3s2)CCN1C(=O)c1ncc(C2CCN(C(C)=N)C2)s1. The number of likely N-dealkylation sites (N-methyl/N-ethyl adjacent to an activating group) is 1. The highest BCUT2D eigenvalue weighted by Gasteiger charge is 2.41. The van der Waals surface area contributed by atoms with Gasteiger partial charge in [0.05, 0.1) is 5.84 Å². The number of hydrogen-bond acceptors (Lipinski definition) is 8. The summed E-state index contributed by atoms with van der Waals surface area (Å²) in [5.74, 6) is -0.108. The third-order valence-electron chi connectivity index (χ3n) is 6.98. The third kappa shape index (κ3) is 5.05. The molecule has 2 saturated heterocycles. The van der Waals surface area contributed by atoms with E-state index in [2.05, 4.69) is 10.3 Å². The monoisotopic (exact) mass is 594 g/mol. The molecule has 2 unspecified atom stereocenters. The van der Waals surface area contributed by atoms with E-state index in [9.17, 15) is 18.0 Å². The Morgan fingerprint density at radius 1 is 1.16 bits per heavy atom. The second-order valence-corrected chi connectivity index (χ2v) is 14.1. The number of rotatable bonds is 5. The lowest BCUT2D eigenvalue weighted by molar-refractivity contribution is -0.126. The zero-order valence-electron chi connectivity index (χ0n) is 20.8. The molecule has 14 heteroatoms. The lowest BCUT2D eigenvalue weighted by atomic mass is 10.1. The van der Waals surface area contributed by atoms with Crippen molar-refractivity contribution in [2.45, 2.75) is 29.5 Å². The second kappa shape index (κ2) is 10.5. The van der Waals surface area contributed by atoms with Gasteiger partial charge in [-0.25, -0.2) is 13.4 Å². The zero-order chi connectivity index (χ0) is 27.2. The van der Waals surface area contributed by atoms with E-state index in [-0.39, 0.29) is 40.7 Å². The topological polar surface area (TPSA) is 127 Å². The molecule has 0 saturated carbocycles. The van der Waals surface area contributed by atoms with E-state index in [1.807, 2.05) is 4.90 Å². The number of thiazole rings is 1. The molecule has 5 rings (SSSR count).